The molecule has 0 saturated carbocycles. The molecule has 3 nitrogen and oxygen atoms in total. The van der Waals surface area contributed by atoms with Gasteiger partial charge in [-0.1, -0.05) is 0 Å². The molecule has 0 fully saturated rings. The summed E-state index contributed by atoms with van der Waals surface area (Å²) in [6, 6.07) is 4.63. The molecule has 1 N–H and O–H groups in total. The van der Waals surface area contributed by atoms with E-state index in [1.165, 1.54) is 12.1 Å². The summed E-state index contributed by atoms with van der Waals surface area (Å²) < 4.78 is 5.61. The van der Waals surface area contributed by atoms with E-state index in [1.807, 2.05) is 0 Å². The van der Waals surface area contributed by atoms with Gasteiger partial charge in [0, 0.05) is 18.1 Å². The Labute approximate surface area is 86.0 Å². The van der Waals surface area contributed by atoms with Crippen molar-refractivity contribution in [2.24, 2.45) is 0 Å². The number of phenols is 1. The topological polar surface area (TPSA) is 50.4 Å². The Hall–Kier alpha value is -1.77. The van der Waals surface area contributed by atoms with E-state index >= 15 is 0 Å². The summed E-state index contributed by atoms with van der Waals surface area (Å²) in [5.74, 6) is 0.918. The van der Waals surface area contributed by atoms with Crippen molar-refractivity contribution in [3.63, 3.8) is 0 Å². The number of benzene rings is 1. The van der Waals surface area contributed by atoms with Crippen molar-refractivity contribution in [2.45, 2.75) is 19.3 Å². The molecule has 76 valence electrons. The van der Waals surface area contributed by atoms with Crippen molar-refractivity contribution in [1.82, 2.24) is 0 Å². The number of phenolic OH excluding ortho intramolecular Hbond substituents is 1. The lowest BCUT2D eigenvalue weighted by Crippen LogP contribution is -2.08. The van der Waals surface area contributed by atoms with Crippen molar-refractivity contribution in [3.8, 4) is 5.75 Å². The van der Waals surface area contributed by atoms with Crippen LogP contribution >= 0.6 is 0 Å². The van der Waals surface area contributed by atoms with Crippen molar-refractivity contribution in [3.05, 3.63) is 39.7 Å². The van der Waals surface area contributed by atoms with Crippen LogP contribution in [0.15, 0.2) is 27.4 Å². The molecule has 1 aliphatic rings. The van der Waals surface area contributed by atoms with Gasteiger partial charge in [0.15, 0.2) is 5.43 Å². The largest absolute Gasteiger partial charge is 0.508 e. The van der Waals surface area contributed by atoms with Gasteiger partial charge < -0.3 is 9.52 Å². The SMILES string of the molecule is O=c1c2c(oc3cc(O)ccc13)CCC2. The zero-order valence-electron chi connectivity index (χ0n) is 8.12. The zero-order valence-corrected chi connectivity index (χ0v) is 8.12. The fraction of sp³-hybridized carbons (Fsp3) is 0.250. The van der Waals surface area contributed by atoms with Gasteiger partial charge in [0.1, 0.15) is 17.1 Å². The summed E-state index contributed by atoms with van der Waals surface area (Å²) in [4.78, 5) is 12.0. The highest BCUT2D eigenvalue weighted by Gasteiger charge is 2.19. The summed E-state index contributed by atoms with van der Waals surface area (Å²) in [5.41, 5.74) is 1.36. The van der Waals surface area contributed by atoms with Crippen LogP contribution in [0.5, 0.6) is 5.75 Å². The molecule has 3 rings (SSSR count). The summed E-state index contributed by atoms with van der Waals surface area (Å²) in [5, 5.41) is 9.87. The van der Waals surface area contributed by atoms with Gasteiger partial charge in [0.05, 0.1) is 5.39 Å². The van der Waals surface area contributed by atoms with Crippen LogP contribution in [-0.4, -0.2) is 5.11 Å². The third-order valence-electron chi connectivity index (χ3n) is 2.88. The molecule has 0 bridgehead atoms. The molecule has 3 heteroatoms. The Bertz CT molecular complexity index is 596. The van der Waals surface area contributed by atoms with Crippen LogP contribution in [-0.2, 0) is 12.8 Å². The molecule has 1 aromatic carbocycles. The van der Waals surface area contributed by atoms with Gasteiger partial charge >= 0.3 is 0 Å². The zero-order chi connectivity index (χ0) is 10.4. The fourth-order valence-electron chi connectivity index (χ4n) is 2.15. The van der Waals surface area contributed by atoms with Gasteiger partial charge in [-0.15, -0.1) is 0 Å². The first-order valence-corrected chi connectivity index (χ1v) is 5.03. The summed E-state index contributed by atoms with van der Waals surface area (Å²) in [6.07, 6.45) is 2.63. The van der Waals surface area contributed by atoms with Crippen LogP contribution in [0.2, 0.25) is 0 Å². The van der Waals surface area contributed by atoms with Gasteiger partial charge in [-0.25, -0.2) is 0 Å². The molecule has 0 aliphatic heterocycles. The second-order valence-corrected chi connectivity index (χ2v) is 3.87. The smallest absolute Gasteiger partial charge is 0.196 e. The molecule has 0 radical (unpaired) electrons. The molecule has 0 saturated heterocycles. The van der Waals surface area contributed by atoms with E-state index in [-0.39, 0.29) is 11.2 Å². The molecular weight excluding hydrogens is 192 g/mol. The highest BCUT2D eigenvalue weighted by atomic mass is 16.3. The molecule has 0 atom stereocenters. The Kier molecular flexibility index (Phi) is 1.63. The predicted molar refractivity (Wildman–Crippen MR) is 56.2 cm³/mol. The standard InChI is InChI=1S/C12H10O3/c13-7-4-5-9-11(6-7)15-10-3-1-2-8(10)12(9)14/h4-6,13H,1-3H2. The lowest BCUT2D eigenvalue weighted by molar-refractivity contribution is 0.472. The Morgan fingerprint density at radius 2 is 2.13 bits per heavy atom. The number of aromatic hydroxyl groups is 1. The lowest BCUT2D eigenvalue weighted by atomic mass is 10.1. The second kappa shape index (κ2) is 2.86. The maximum absolute atomic E-state index is 12.0. The van der Waals surface area contributed by atoms with Crippen molar-refractivity contribution < 1.29 is 9.52 Å². The average Bonchev–Trinajstić information content (AvgIpc) is 2.65. The van der Waals surface area contributed by atoms with E-state index in [2.05, 4.69) is 0 Å². The van der Waals surface area contributed by atoms with Crippen molar-refractivity contribution in [1.29, 1.82) is 0 Å². The van der Waals surface area contributed by atoms with Crippen LogP contribution in [0.3, 0.4) is 0 Å². The third kappa shape index (κ3) is 1.16. The molecule has 0 spiro atoms. The Morgan fingerprint density at radius 1 is 1.27 bits per heavy atom. The van der Waals surface area contributed by atoms with Gasteiger partial charge in [-0.2, -0.15) is 0 Å². The van der Waals surface area contributed by atoms with Gasteiger partial charge in [-0.3, -0.25) is 4.79 Å². The number of hydrogen-bond acceptors (Lipinski definition) is 3. The number of aryl methyl sites for hydroxylation is 1. The van der Waals surface area contributed by atoms with Crippen molar-refractivity contribution >= 4 is 11.0 Å². The van der Waals surface area contributed by atoms with E-state index in [0.717, 1.165) is 30.6 Å². The monoisotopic (exact) mass is 202 g/mol. The molecule has 1 aromatic heterocycles. The number of rotatable bonds is 0. The minimum atomic E-state index is 0.0590. The predicted octanol–water partition coefficient (Wildman–Crippen LogP) is 1.99. The van der Waals surface area contributed by atoms with Crippen LogP contribution in [0, 0.1) is 0 Å². The summed E-state index contributed by atoms with van der Waals surface area (Å²) in [7, 11) is 0. The second-order valence-electron chi connectivity index (χ2n) is 3.87. The third-order valence-corrected chi connectivity index (χ3v) is 2.88. The fourth-order valence-corrected chi connectivity index (χ4v) is 2.15. The molecule has 1 aliphatic carbocycles. The summed E-state index contributed by atoms with van der Waals surface area (Å²) >= 11 is 0. The number of hydrogen-bond donors (Lipinski definition) is 1. The van der Waals surface area contributed by atoms with Gasteiger partial charge in [0.25, 0.3) is 0 Å². The van der Waals surface area contributed by atoms with E-state index in [0.29, 0.717) is 11.0 Å². The average molecular weight is 202 g/mol. The van der Waals surface area contributed by atoms with E-state index in [1.54, 1.807) is 6.07 Å². The first-order chi connectivity index (χ1) is 7.25. The first kappa shape index (κ1) is 8.53. The van der Waals surface area contributed by atoms with E-state index < -0.39 is 0 Å². The van der Waals surface area contributed by atoms with Gasteiger partial charge in [0.2, 0.25) is 0 Å². The van der Waals surface area contributed by atoms with Crippen LogP contribution in [0.4, 0.5) is 0 Å². The van der Waals surface area contributed by atoms with Gasteiger partial charge in [-0.05, 0) is 25.0 Å². The van der Waals surface area contributed by atoms with E-state index in [4.69, 9.17) is 4.42 Å². The van der Waals surface area contributed by atoms with Crippen LogP contribution < -0.4 is 5.43 Å². The number of fused-ring (bicyclic) bond motifs is 2. The van der Waals surface area contributed by atoms with Crippen LogP contribution in [0.1, 0.15) is 17.7 Å². The molecule has 2 aromatic rings. The maximum Gasteiger partial charge on any atom is 0.196 e. The minimum Gasteiger partial charge on any atom is -0.508 e. The quantitative estimate of drug-likeness (QED) is 0.710. The highest BCUT2D eigenvalue weighted by molar-refractivity contribution is 5.78. The minimum absolute atomic E-state index is 0.0590. The molecule has 15 heavy (non-hydrogen) atoms. The maximum atomic E-state index is 12.0. The molecule has 1 heterocycles. The molecule has 0 amide bonds. The summed E-state index contributed by atoms with van der Waals surface area (Å²) in [6.45, 7) is 0. The van der Waals surface area contributed by atoms with Crippen molar-refractivity contribution in [2.75, 3.05) is 0 Å². The van der Waals surface area contributed by atoms with Crippen LogP contribution in [0.25, 0.3) is 11.0 Å². The highest BCUT2D eigenvalue weighted by Crippen LogP contribution is 2.25. The Morgan fingerprint density at radius 3 is 3.00 bits per heavy atom. The van der Waals surface area contributed by atoms with E-state index in [9.17, 15) is 9.90 Å². The Balaban J connectivity index is 2.46. The molecule has 0 unspecified atom stereocenters. The lowest BCUT2D eigenvalue weighted by Gasteiger charge is -2.02. The first-order valence-electron chi connectivity index (χ1n) is 5.03. The molecular formula is C12H10O3. The normalized spacial score (nSPS) is 14.4.